The summed E-state index contributed by atoms with van der Waals surface area (Å²) in [5, 5.41) is 11.9. The number of aromatic nitrogens is 2. The van der Waals surface area contributed by atoms with Crippen molar-refractivity contribution in [2.45, 2.75) is 58.7 Å². The largest absolute Gasteiger partial charge is 0.465 e. The Hall–Kier alpha value is -2.50. The van der Waals surface area contributed by atoms with Gasteiger partial charge in [0.1, 0.15) is 0 Å². The molecule has 0 fully saturated rings. The van der Waals surface area contributed by atoms with E-state index in [4.69, 9.17) is 0 Å². The zero-order valence-electron chi connectivity index (χ0n) is 15.4. The standard InChI is InChI=1S/C19H26N4O2/c1-12-10-22(11-20-12)14-6-7-17-15(9-14)16(21-18(24)25)8-13(2)23(17)19(3,4)5/h6-7,9-11,13,16,21H,8H2,1-5H3,(H,24,25). The molecule has 25 heavy (non-hydrogen) atoms. The number of carboxylic acid groups (broad SMARTS) is 1. The van der Waals surface area contributed by atoms with Gasteiger partial charge in [0.05, 0.1) is 18.1 Å². The predicted molar refractivity (Wildman–Crippen MR) is 98.5 cm³/mol. The van der Waals surface area contributed by atoms with Gasteiger partial charge in [0.2, 0.25) is 0 Å². The molecule has 1 amide bonds. The van der Waals surface area contributed by atoms with Crippen LogP contribution in [0.2, 0.25) is 0 Å². The summed E-state index contributed by atoms with van der Waals surface area (Å²) in [6.45, 7) is 10.7. The molecule has 2 unspecified atom stereocenters. The Bertz CT molecular complexity index is 791. The maximum absolute atomic E-state index is 11.3. The first-order valence-electron chi connectivity index (χ1n) is 8.60. The first-order valence-corrected chi connectivity index (χ1v) is 8.60. The minimum atomic E-state index is -0.990. The van der Waals surface area contributed by atoms with Crippen molar-refractivity contribution in [2.24, 2.45) is 0 Å². The second-order valence-electron chi connectivity index (χ2n) is 7.79. The van der Waals surface area contributed by atoms with Gasteiger partial charge in [0.25, 0.3) is 0 Å². The summed E-state index contributed by atoms with van der Waals surface area (Å²) < 4.78 is 1.97. The molecule has 2 atom stereocenters. The Labute approximate surface area is 148 Å². The third-order valence-corrected chi connectivity index (χ3v) is 4.69. The van der Waals surface area contributed by atoms with E-state index in [9.17, 15) is 9.90 Å². The zero-order valence-corrected chi connectivity index (χ0v) is 15.4. The molecule has 1 aromatic carbocycles. The number of carbonyl (C=O) groups is 1. The van der Waals surface area contributed by atoms with Crippen LogP contribution in [0.4, 0.5) is 10.5 Å². The number of fused-ring (bicyclic) bond motifs is 1. The van der Waals surface area contributed by atoms with E-state index in [2.05, 4.69) is 61.1 Å². The monoisotopic (exact) mass is 342 g/mol. The van der Waals surface area contributed by atoms with E-state index >= 15 is 0 Å². The fourth-order valence-corrected chi connectivity index (χ4v) is 3.88. The third-order valence-electron chi connectivity index (χ3n) is 4.69. The van der Waals surface area contributed by atoms with Crippen LogP contribution in [0.5, 0.6) is 0 Å². The minimum Gasteiger partial charge on any atom is -0.465 e. The van der Waals surface area contributed by atoms with E-state index < -0.39 is 6.09 Å². The molecule has 134 valence electrons. The Morgan fingerprint density at radius 3 is 2.64 bits per heavy atom. The molecule has 6 heteroatoms. The number of nitrogens with zero attached hydrogens (tertiary/aromatic N) is 3. The molecule has 1 aliphatic rings. The Balaban J connectivity index is 2.11. The first-order chi connectivity index (χ1) is 11.7. The predicted octanol–water partition coefficient (Wildman–Crippen LogP) is 3.89. The van der Waals surface area contributed by atoms with Crippen LogP contribution < -0.4 is 10.2 Å². The Morgan fingerprint density at radius 2 is 2.08 bits per heavy atom. The molecule has 3 rings (SSSR count). The molecule has 0 spiro atoms. The molecule has 0 radical (unpaired) electrons. The molecule has 2 aromatic rings. The van der Waals surface area contributed by atoms with Crippen LogP contribution in [0.25, 0.3) is 5.69 Å². The fourth-order valence-electron chi connectivity index (χ4n) is 3.88. The van der Waals surface area contributed by atoms with Crippen molar-refractivity contribution in [3.63, 3.8) is 0 Å². The number of rotatable bonds is 2. The second kappa shape index (κ2) is 6.10. The highest BCUT2D eigenvalue weighted by Crippen LogP contribution is 2.41. The van der Waals surface area contributed by atoms with Gasteiger partial charge in [0.15, 0.2) is 0 Å². The number of hydrogen-bond acceptors (Lipinski definition) is 3. The number of imidazole rings is 1. The Kier molecular flexibility index (Phi) is 4.22. The molecule has 2 N–H and O–H groups in total. The normalized spacial score (nSPS) is 20.3. The van der Waals surface area contributed by atoms with Crippen molar-refractivity contribution >= 4 is 11.8 Å². The number of benzene rings is 1. The molecule has 1 aromatic heterocycles. The van der Waals surface area contributed by atoms with Crippen molar-refractivity contribution < 1.29 is 9.90 Å². The lowest BCUT2D eigenvalue weighted by molar-refractivity contribution is 0.187. The van der Waals surface area contributed by atoms with Crippen LogP contribution in [0, 0.1) is 6.92 Å². The minimum absolute atomic E-state index is 0.0462. The van der Waals surface area contributed by atoms with Crippen LogP contribution in [-0.2, 0) is 0 Å². The maximum atomic E-state index is 11.3. The number of amides is 1. The van der Waals surface area contributed by atoms with E-state index in [1.54, 1.807) is 6.33 Å². The van der Waals surface area contributed by atoms with Crippen molar-refractivity contribution in [3.8, 4) is 5.69 Å². The van der Waals surface area contributed by atoms with E-state index in [0.29, 0.717) is 0 Å². The number of nitrogens with one attached hydrogen (secondary N) is 1. The summed E-state index contributed by atoms with van der Waals surface area (Å²) in [7, 11) is 0. The van der Waals surface area contributed by atoms with Crippen LogP contribution in [0.1, 0.15) is 51.4 Å². The molecular formula is C19H26N4O2. The molecule has 0 saturated carbocycles. The van der Waals surface area contributed by atoms with Gasteiger partial charge in [-0.2, -0.15) is 0 Å². The van der Waals surface area contributed by atoms with Gasteiger partial charge in [-0.3, -0.25) is 0 Å². The SMILES string of the molecule is Cc1cn(-c2ccc3c(c2)C(NC(=O)O)CC(C)N3C(C)(C)C)cn1. The topological polar surface area (TPSA) is 70.4 Å². The lowest BCUT2D eigenvalue weighted by atomic mass is 9.87. The summed E-state index contributed by atoms with van der Waals surface area (Å²) in [6.07, 6.45) is 3.50. The smallest absolute Gasteiger partial charge is 0.405 e. The average Bonchev–Trinajstić information content (AvgIpc) is 2.91. The maximum Gasteiger partial charge on any atom is 0.405 e. The summed E-state index contributed by atoms with van der Waals surface area (Å²) in [5.41, 5.74) is 3.99. The quantitative estimate of drug-likeness (QED) is 0.869. The van der Waals surface area contributed by atoms with Gasteiger partial charge in [-0.25, -0.2) is 9.78 Å². The average molecular weight is 342 g/mol. The van der Waals surface area contributed by atoms with Crippen LogP contribution in [0.3, 0.4) is 0 Å². The molecule has 2 heterocycles. The van der Waals surface area contributed by atoms with E-state index in [1.165, 1.54) is 0 Å². The number of anilines is 1. The van der Waals surface area contributed by atoms with Gasteiger partial charge in [-0.05, 0) is 59.2 Å². The highest BCUT2D eigenvalue weighted by molar-refractivity contribution is 5.69. The van der Waals surface area contributed by atoms with E-state index in [1.807, 2.05) is 17.7 Å². The van der Waals surface area contributed by atoms with E-state index in [-0.39, 0.29) is 17.6 Å². The molecule has 6 nitrogen and oxygen atoms in total. The second-order valence-corrected chi connectivity index (χ2v) is 7.79. The molecule has 0 aliphatic carbocycles. The lowest BCUT2D eigenvalue weighted by Crippen LogP contribution is -2.52. The number of aryl methyl sites for hydroxylation is 1. The van der Waals surface area contributed by atoms with E-state index in [0.717, 1.165) is 29.1 Å². The fraction of sp³-hybridized carbons (Fsp3) is 0.474. The molecule has 0 saturated heterocycles. The summed E-state index contributed by atoms with van der Waals surface area (Å²) in [5.74, 6) is 0. The summed E-state index contributed by atoms with van der Waals surface area (Å²) in [4.78, 5) is 17.9. The molecule has 1 aliphatic heterocycles. The Morgan fingerprint density at radius 1 is 1.36 bits per heavy atom. The van der Waals surface area contributed by atoms with Crippen LogP contribution >= 0.6 is 0 Å². The summed E-state index contributed by atoms with van der Waals surface area (Å²) >= 11 is 0. The lowest BCUT2D eigenvalue weighted by Gasteiger charge is -2.48. The van der Waals surface area contributed by atoms with Gasteiger partial charge in [-0.15, -0.1) is 0 Å². The van der Waals surface area contributed by atoms with Crippen LogP contribution in [0.15, 0.2) is 30.7 Å². The molecule has 0 bridgehead atoms. The van der Waals surface area contributed by atoms with Crippen molar-refractivity contribution in [1.82, 2.24) is 14.9 Å². The highest BCUT2D eigenvalue weighted by Gasteiger charge is 2.36. The van der Waals surface area contributed by atoms with Gasteiger partial charge in [-0.1, -0.05) is 0 Å². The first kappa shape index (κ1) is 17.3. The third kappa shape index (κ3) is 3.34. The highest BCUT2D eigenvalue weighted by atomic mass is 16.4. The van der Waals surface area contributed by atoms with Crippen molar-refractivity contribution in [2.75, 3.05) is 4.90 Å². The van der Waals surface area contributed by atoms with Gasteiger partial charge in [0, 0.05) is 34.7 Å². The van der Waals surface area contributed by atoms with Gasteiger partial charge < -0.3 is 19.9 Å². The van der Waals surface area contributed by atoms with Gasteiger partial charge >= 0.3 is 6.09 Å². The zero-order chi connectivity index (χ0) is 18.4. The summed E-state index contributed by atoms with van der Waals surface area (Å²) in [6, 6.07) is 6.25. The van der Waals surface area contributed by atoms with Crippen molar-refractivity contribution in [1.29, 1.82) is 0 Å². The molecular weight excluding hydrogens is 316 g/mol. The number of hydrogen-bond donors (Lipinski definition) is 2. The van der Waals surface area contributed by atoms with Crippen molar-refractivity contribution in [3.05, 3.63) is 42.0 Å². The van der Waals surface area contributed by atoms with Crippen LogP contribution in [-0.4, -0.2) is 32.3 Å².